The first-order valence-electron chi connectivity index (χ1n) is 17.0. The Morgan fingerprint density at radius 3 is 1.04 bits per heavy atom. The summed E-state index contributed by atoms with van der Waals surface area (Å²) in [5, 5.41) is 15.8. The molecule has 0 saturated carbocycles. The normalized spacial score (nSPS) is 10.7. The fraction of sp³-hybridized carbons (Fsp3) is 0.0400. The summed E-state index contributed by atoms with van der Waals surface area (Å²) in [5.74, 6) is 0. The van der Waals surface area contributed by atoms with E-state index in [1.165, 1.54) is 121 Å². The molecule has 0 spiro atoms. The monoisotopic (exact) mass is 758 g/mol. The van der Waals surface area contributed by atoms with Crippen molar-refractivity contribution < 1.29 is 23.3 Å². The van der Waals surface area contributed by atoms with E-state index in [-0.39, 0.29) is 14.9 Å². The Labute approximate surface area is 324 Å². The van der Waals surface area contributed by atoms with Crippen LogP contribution in [0, 0.1) is 28.7 Å². The molecule has 2 radical (unpaired) electrons. The van der Waals surface area contributed by atoms with Crippen molar-refractivity contribution in [3.63, 3.8) is 0 Å². The van der Waals surface area contributed by atoms with E-state index < -0.39 is 0 Å². The minimum absolute atomic E-state index is 0. The van der Waals surface area contributed by atoms with Crippen LogP contribution in [0.1, 0.15) is 11.1 Å². The van der Waals surface area contributed by atoms with Gasteiger partial charge in [-0.2, -0.15) is 12.1 Å². The SMILES string of the molecule is Cc1cc2c(-c3cccc4cc5ccccc5cc34)cccc2[cH-]1.Cc1cc2c(-c3cccc4cc5ccccc5cc34)cccc2[cH-]1.[CH3-].[CH3-].[Si]=[Zr]. The Bertz CT molecular complexity index is 2640. The van der Waals surface area contributed by atoms with Crippen molar-refractivity contribution in [3.05, 3.63) is 196 Å². The van der Waals surface area contributed by atoms with Crippen LogP contribution < -0.4 is 0 Å². The molecule has 2 heteroatoms. The molecule has 0 atom stereocenters. The Balaban J connectivity index is 0.000000164. The fourth-order valence-electron chi connectivity index (χ4n) is 7.64. The van der Waals surface area contributed by atoms with Gasteiger partial charge >= 0.3 is 30.2 Å². The maximum absolute atomic E-state index is 3.06. The van der Waals surface area contributed by atoms with Crippen LogP contribution in [0.15, 0.2) is 170 Å². The Hall–Kier alpha value is -4.88. The maximum atomic E-state index is 3.06. The van der Waals surface area contributed by atoms with E-state index in [0.717, 1.165) is 0 Å². The summed E-state index contributed by atoms with van der Waals surface area (Å²) in [5.41, 5.74) is 7.91. The summed E-state index contributed by atoms with van der Waals surface area (Å²) in [4.78, 5) is 0. The molecule has 252 valence electrons. The zero-order valence-electron chi connectivity index (χ0n) is 30.2. The van der Waals surface area contributed by atoms with E-state index >= 15 is 0 Å². The van der Waals surface area contributed by atoms with E-state index in [1.807, 2.05) is 0 Å². The molecule has 0 saturated heterocycles. The molecule has 10 rings (SSSR count). The first-order chi connectivity index (χ1) is 24.6. The van der Waals surface area contributed by atoms with Gasteiger partial charge in [0.1, 0.15) is 0 Å². The van der Waals surface area contributed by atoms with E-state index in [0.29, 0.717) is 0 Å². The van der Waals surface area contributed by atoms with E-state index in [1.54, 1.807) is 0 Å². The number of benzene rings is 8. The molecule has 0 aliphatic heterocycles. The first-order valence-corrected chi connectivity index (χ1v) is 21.2. The van der Waals surface area contributed by atoms with Crippen LogP contribution in [0.5, 0.6) is 0 Å². The second kappa shape index (κ2) is 15.8. The van der Waals surface area contributed by atoms with Crippen molar-refractivity contribution in [1.29, 1.82) is 0 Å². The van der Waals surface area contributed by atoms with Crippen molar-refractivity contribution in [1.82, 2.24) is 0 Å². The third-order valence-corrected chi connectivity index (χ3v) is 9.86. The molecule has 0 bridgehead atoms. The van der Waals surface area contributed by atoms with E-state index in [4.69, 9.17) is 0 Å². The number of aryl methyl sites for hydroxylation is 2. The predicted octanol–water partition coefficient (Wildman–Crippen LogP) is 14.2. The minimum atomic E-state index is 0. The molecular weight excluding hydrogens is 720 g/mol. The van der Waals surface area contributed by atoms with Crippen LogP contribution in [0.3, 0.4) is 0 Å². The number of hydrogen-bond donors (Lipinski definition) is 0. The van der Waals surface area contributed by atoms with Crippen LogP contribution in [0.4, 0.5) is 0 Å². The van der Waals surface area contributed by atoms with Gasteiger partial charge in [0.2, 0.25) is 0 Å². The third-order valence-electron chi connectivity index (χ3n) is 9.86. The van der Waals surface area contributed by atoms with Crippen LogP contribution in [-0.2, 0) is 23.3 Å². The van der Waals surface area contributed by atoms with Gasteiger partial charge < -0.3 is 14.9 Å². The topological polar surface area (TPSA) is 0 Å². The van der Waals surface area contributed by atoms with E-state index in [9.17, 15) is 0 Å². The summed E-state index contributed by atoms with van der Waals surface area (Å²) in [6.45, 7) is 7.40. The predicted molar refractivity (Wildman–Crippen MR) is 228 cm³/mol. The van der Waals surface area contributed by atoms with Crippen LogP contribution in [0.2, 0.25) is 0 Å². The van der Waals surface area contributed by atoms with Gasteiger partial charge in [-0.3, -0.25) is 0 Å². The molecular formula is C50H40SiZr-4. The van der Waals surface area contributed by atoms with Crippen molar-refractivity contribution in [3.8, 4) is 22.3 Å². The Morgan fingerprint density at radius 1 is 0.346 bits per heavy atom. The van der Waals surface area contributed by atoms with Crippen molar-refractivity contribution in [2.24, 2.45) is 0 Å². The number of fused-ring (bicyclic) bond motifs is 6. The Kier molecular flexibility index (Phi) is 11.2. The van der Waals surface area contributed by atoms with Gasteiger partial charge in [0.05, 0.1) is 0 Å². The van der Waals surface area contributed by atoms with Crippen LogP contribution in [0.25, 0.3) is 86.9 Å². The number of hydrogen-bond acceptors (Lipinski definition) is 0. The molecule has 0 N–H and O–H groups in total. The van der Waals surface area contributed by atoms with Gasteiger partial charge in [-0.1, -0.05) is 122 Å². The molecule has 0 aromatic heterocycles. The van der Waals surface area contributed by atoms with Gasteiger partial charge in [0.15, 0.2) is 0 Å². The zero-order valence-corrected chi connectivity index (χ0v) is 33.6. The van der Waals surface area contributed by atoms with Crippen molar-refractivity contribution in [2.75, 3.05) is 0 Å². The molecule has 0 fully saturated rings. The van der Waals surface area contributed by atoms with Crippen molar-refractivity contribution in [2.45, 2.75) is 13.8 Å². The molecule has 0 unspecified atom stereocenters. The van der Waals surface area contributed by atoms with Gasteiger partial charge in [-0.25, -0.2) is 0 Å². The molecule has 0 amide bonds. The van der Waals surface area contributed by atoms with Crippen LogP contribution in [-0.4, -0.2) is 6.88 Å². The standard InChI is InChI=1S/2C24H17.2CH3.Si.Zr/c2*1-16-12-19-8-4-10-21(23(19)13-16)22-11-5-9-20-14-17-6-2-3-7-18(17)15-24(20)22;;;;/h2*2-15H,1H3;2*1H3;;/q4*-1;;. The van der Waals surface area contributed by atoms with E-state index in [2.05, 4.69) is 191 Å². The average molecular weight is 760 g/mol. The van der Waals surface area contributed by atoms with Gasteiger partial charge in [-0.05, 0) is 78.5 Å². The summed E-state index contributed by atoms with van der Waals surface area (Å²) in [7, 11) is 0. The molecule has 0 heterocycles. The van der Waals surface area contributed by atoms with Crippen LogP contribution >= 0.6 is 0 Å². The third kappa shape index (κ3) is 6.86. The molecule has 0 nitrogen and oxygen atoms in total. The second-order valence-corrected chi connectivity index (χ2v) is 13.1. The molecule has 52 heavy (non-hydrogen) atoms. The summed E-state index contributed by atoms with van der Waals surface area (Å²) >= 11 is 1.36. The summed E-state index contributed by atoms with van der Waals surface area (Å²) in [6, 6.07) is 62.0. The van der Waals surface area contributed by atoms with Gasteiger partial charge in [-0.15, -0.1) is 69.1 Å². The summed E-state index contributed by atoms with van der Waals surface area (Å²) < 4.78 is 0. The quantitative estimate of drug-likeness (QED) is 0.0935. The number of rotatable bonds is 2. The van der Waals surface area contributed by atoms with Gasteiger partial charge in [0, 0.05) is 0 Å². The molecule has 0 aliphatic rings. The molecule has 0 aliphatic carbocycles. The zero-order chi connectivity index (χ0) is 34.2. The van der Waals surface area contributed by atoms with Crippen molar-refractivity contribution >= 4 is 71.5 Å². The van der Waals surface area contributed by atoms with Gasteiger partial charge in [0.25, 0.3) is 0 Å². The molecule has 10 aromatic carbocycles. The molecule has 10 aromatic rings. The fourth-order valence-corrected chi connectivity index (χ4v) is 7.64. The Morgan fingerprint density at radius 2 is 0.654 bits per heavy atom. The first kappa shape index (κ1) is 36.9. The average Bonchev–Trinajstić information content (AvgIpc) is 3.74. The second-order valence-electron chi connectivity index (χ2n) is 13.1. The summed E-state index contributed by atoms with van der Waals surface area (Å²) in [6.07, 6.45) is 0.